The number of hydrogen-bond donors (Lipinski definition) is 2. The first kappa shape index (κ1) is 15.0. The SMILES string of the molecule is C[C@H](NC(=O)C1(CN)CCCCCC1)c1ccccn1. The molecule has 1 fully saturated rings. The van der Waals surface area contributed by atoms with Gasteiger partial charge in [0, 0.05) is 12.7 Å². The standard InChI is InChI=1S/C16H25N3O/c1-13(14-8-4-7-11-18-14)19-15(20)16(12-17)9-5-2-3-6-10-16/h4,7-8,11,13H,2-3,5-6,9-10,12,17H2,1H3,(H,19,20)/t13-/m0/s1. The van der Waals surface area contributed by atoms with Crippen LogP contribution in [0.1, 0.15) is 57.2 Å². The number of amides is 1. The summed E-state index contributed by atoms with van der Waals surface area (Å²) in [6.45, 7) is 2.41. The largest absolute Gasteiger partial charge is 0.347 e. The molecule has 0 bridgehead atoms. The number of carbonyl (C=O) groups excluding carboxylic acids is 1. The van der Waals surface area contributed by atoms with E-state index in [-0.39, 0.29) is 17.4 Å². The van der Waals surface area contributed by atoms with Gasteiger partial charge in [0.1, 0.15) is 0 Å². The zero-order chi connectivity index (χ0) is 14.4. The monoisotopic (exact) mass is 275 g/mol. The predicted molar refractivity (Wildman–Crippen MR) is 80.0 cm³/mol. The summed E-state index contributed by atoms with van der Waals surface area (Å²) in [6.07, 6.45) is 8.19. The highest BCUT2D eigenvalue weighted by Crippen LogP contribution is 2.34. The molecule has 0 aromatic carbocycles. The third-order valence-corrected chi connectivity index (χ3v) is 4.41. The van der Waals surface area contributed by atoms with Gasteiger partial charge in [0.15, 0.2) is 0 Å². The van der Waals surface area contributed by atoms with Gasteiger partial charge in [-0.25, -0.2) is 0 Å². The van der Waals surface area contributed by atoms with Crippen LogP contribution in [-0.4, -0.2) is 17.4 Å². The summed E-state index contributed by atoms with van der Waals surface area (Å²) in [7, 11) is 0. The number of hydrogen-bond acceptors (Lipinski definition) is 3. The number of nitrogens with zero attached hydrogens (tertiary/aromatic N) is 1. The maximum absolute atomic E-state index is 12.7. The molecule has 0 spiro atoms. The maximum Gasteiger partial charge on any atom is 0.228 e. The van der Waals surface area contributed by atoms with Crippen LogP contribution in [0.2, 0.25) is 0 Å². The van der Waals surface area contributed by atoms with Crippen LogP contribution in [-0.2, 0) is 4.79 Å². The molecule has 3 N–H and O–H groups in total. The number of aromatic nitrogens is 1. The van der Waals surface area contributed by atoms with Crippen LogP contribution >= 0.6 is 0 Å². The Labute approximate surface area is 121 Å². The molecule has 1 atom stereocenters. The zero-order valence-electron chi connectivity index (χ0n) is 12.3. The van der Waals surface area contributed by atoms with Crippen LogP contribution in [0.15, 0.2) is 24.4 Å². The van der Waals surface area contributed by atoms with E-state index in [0.717, 1.165) is 31.4 Å². The van der Waals surface area contributed by atoms with Crippen LogP contribution in [0.3, 0.4) is 0 Å². The summed E-state index contributed by atoms with van der Waals surface area (Å²) in [4.78, 5) is 17.0. The van der Waals surface area contributed by atoms with E-state index in [9.17, 15) is 4.79 Å². The number of nitrogens with two attached hydrogens (primary N) is 1. The number of carbonyl (C=O) groups is 1. The summed E-state index contributed by atoms with van der Waals surface area (Å²) >= 11 is 0. The van der Waals surface area contributed by atoms with E-state index in [4.69, 9.17) is 5.73 Å². The average Bonchev–Trinajstić information content (AvgIpc) is 2.74. The molecule has 1 aromatic rings. The summed E-state index contributed by atoms with van der Waals surface area (Å²) in [5.41, 5.74) is 6.46. The Hall–Kier alpha value is -1.42. The highest BCUT2D eigenvalue weighted by atomic mass is 16.2. The lowest BCUT2D eigenvalue weighted by atomic mass is 9.79. The second-order valence-electron chi connectivity index (χ2n) is 5.85. The fourth-order valence-corrected chi connectivity index (χ4v) is 2.98. The first-order valence-corrected chi connectivity index (χ1v) is 7.60. The molecule has 0 unspecified atom stereocenters. The van der Waals surface area contributed by atoms with Crippen LogP contribution in [0.5, 0.6) is 0 Å². The molecule has 1 aromatic heterocycles. The summed E-state index contributed by atoms with van der Waals surface area (Å²) < 4.78 is 0. The van der Waals surface area contributed by atoms with Crippen molar-refractivity contribution in [2.24, 2.45) is 11.1 Å². The van der Waals surface area contributed by atoms with Gasteiger partial charge >= 0.3 is 0 Å². The Kier molecular flexibility index (Phi) is 5.12. The van der Waals surface area contributed by atoms with Gasteiger partial charge in [0.25, 0.3) is 0 Å². The minimum Gasteiger partial charge on any atom is -0.347 e. The van der Waals surface area contributed by atoms with Crippen LogP contribution < -0.4 is 11.1 Å². The molecule has 2 rings (SSSR count). The second kappa shape index (κ2) is 6.84. The number of rotatable bonds is 4. The minimum atomic E-state index is -0.375. The fraction of sp³-hybridized carbons (Fsp3) is 0.625. The van der Waals surface area contributed by atoms with Crippen molar-refractivity contribution in [3.05, 3.63) is 30.1 Å². The average molecular weight is 275 g/mol. The number of pyridine rings is 1. The third-order valence-electron chi connectivity index (χ3n) is 4.41. The second-order valence-corrected chi connectivity index (χ2v) is 5.85. The van der Waals surface area contributed by atoms with Gasteiger partial charge in [-0.1, -0.05) is 31.7 Å². The van der Waals surface area contributed by atoms with Crippen molar-refractivity contribution in [2.45, 2.75) is 51.5 Å². The smallest absolute Gasteiger partial charge is 0.228 e. The van der Waals surface area contributed by atoms with Crippen molar-refractivity contribution in [1.29, 1.82) is 0 Å². The summed E-state index contributed by atoms with van der Waals surface area (Å²) in [5.74, 6) is 0.0973. The van der Waals surface area contributed by atoms with E-state index in [1.165, 1.54) is 12.8 Å². The molecule has 110 valence electrons. The Morgan fingerprint density at radius 1 is 1.35 bits per heavy atom. The van der Waals surface area contributed by atoms with Gasteiger partial charge in [-0.15, -0.1) is 0 Å². The fourth-order valence-electron chi connectivity index (χ4n) is 2.98. The van der Waals surface area contributed by atoms with Crippen LogP contribution in [0.4, 0.5) is 0 Å². The van der Waals surface area contributed by atoms with Crippen molar-refractivity contribution in [2.75, 3.05) is 6.54 Å². The molecule has 0 aliphatic heterocycles. The topological polar surface area (TPSA) is 68.0 Å². The van der Waals surface area contributed by atoms with E-state index >= 15 is 0 Å². The van der Waals surface area contributed by atoms with E-state index in [2.05, 4.69) is 10.3 Å². The summed E-state index contributed by atoms with van der Waals surface area (Å²) in [6, 6.07) is 5.68. The lowest BCUT2D eigenvalue weighted by molar-refractivity contribution is -0.132. The third kappa shape index (κ3) is 3.37. The van der Waals surface area contributed by atoms with Gasteiger partial charge in [-0.3, -0.25) is 9.78 Å². The minimum absolute atomic E-state index is 0.0737. The normalized spacial score (nSPS) is 19.9. The van der Waals surface area contributed by atoms with Gasteiger partial charge in [0.05, 0.1) is 17.2 Å². The van der Waals surface area contributed by atoms with Crippen LogP contribution in [0.25, 0.3) is 0 Å². The lowest BCUT2D eigenvalue weighted by Gasteiger charge is -2.31. The predicted octanol–water partition coefficient (Wildman–Crippen LogP) is 2.56. The van der Waals surface area contributed by atoms with Crippen molar-refractivity contribution in [3.63, 3.8) is 0 Å². The van der Waals surface area contributed by atoms with Gasteiger partial charge in [-0.2, -0.15) is 0 Å². The molecule has 20 heavy (non-hydrogen) atoms. The molecular weight excluding hydrogens is 250 g/mol. The molecule has 4 nitrogen and oxygen atoms in total. The lowest BCUT2D eigenvalue weighted by Crippen LogP contribution is -2.46. The van der Waals surface area contributed by atoms with Gasteiger partial charge in [-0.05, 0) is 31.9 Å². The van der Waals surface area contributed by atoms with Crippen molar-refractivity contribution in [3.8, 4) is 0 Å². The Morgan fingerprint density at radius 3 is 2.60 bits per heavy atom. The highest BCUT2D eigenvalue weighted by molar-refractivity contribution is 5.83. The van der Waals surface area contributed by atoms with Gasteiger partial charge < -0.3 is 11.1 Å². The maximum atomic E-state index is 12.7. The quantitative estimate of drug-likeness (QED) is 0.830. The molecule has 0 radical (unpaired) electrons. The van der Waals surface area contributed by atoms with Crippen LogP contribution in [0, 0.1) is 5.41 Å². The van der Waals surface area contributed by atoms with E-state index in [0.29, 0.717) is 6.54 Å². The first-order valence-electron chi connectivity index (χ1n) is 7.60. The van der Waals surface area contributed by atoms with Crippen molar-refractivity contribution < 1.29 is 4.79 Å². The summed E-state index contributed by atoms with van der Waals surface area (Å²) in [5, 5.41) is 3.10. The Morgan fingerprint density at radius 2 is 2.05 bits per heavy atom. The highest BCUT2D eigenvalue weighted by Gasteiger charge is 2.37. The van der Waals surface area contributed by atoms with E-state index in [1.54, 1.807) is 6.20 Å². The Balaban J connectivity index is 2.05. The first-order chi connectivity index (χ1) is 9.68. The van der Waals surface area contributed by atoms with Crippen molar-refractivity contribution in [1.82, 2.24) is 10.3 Å². The molecule has 1 aliphatic rings. The van der Waals surface area contributed by atoms with E-state index in [1.807, 2.05) is 25.1 Å². The van der Waals surface area contributed by atoms with Crippen molar-refractivity contribution >= 4 is 5.91 Å². The molecule has 0 saturated heterocycles. The molecule has 1 heterocycles. The zero-order valence-corrected chi connectivity index (χ0v) is 12.3. The van der Waals surface area contributed by atoms with Gasteiger partial charge in [0.2, 0.25) is 5.91 Å². The molecule has 1 amide bonds. The molecular formula is C16H25N3O. The molecule has 4 heteroatoms. The number of nitrogens with one attached hydrogen (secondary N) is 1. The molecule has 1 saturated carbocycles. The molecule has 1 aliphatic carbocycles. The van der Waals surface area contributed by atoms with E-state index < -0.39 is 0 Å². The Bertz CT molecular complexity index is 425.